The van der Waals surface area contributed by atoms with Crippen LogP contribution >= 0.6 is 0 Å². The zero-order valence-electron chi connectivity index (χ0n) is 12.4. The van der Waals surface area contributed by atoms with Crippen LogP contribution in [0.4, 0.5) is 0 Å². The molecule has 3 rings (SSSR count). The highest BCUT2D eigenvalue weighted by Crippen LogP contribution is 2.35. The molecule has 1 unspecified atom stereocenters. The maximum atomic E-state index is 10.7. The summed E-state index contributed by atoms with van der Waals surface area (Å²) in [5.74, 6) is 1.47. The average Bonchev–Trinajstić information content (AvgIpc) is 2.74. The van der Waals surface area contributed by atoms with E-state index < -0.39 is 6.10 Å². The quantitative estimate of drug-likeness (QED) is 0.916. The van der Waals surface area contributed by atoms with Crippen LogP contribution in [0.15, 0.2) is 36.4 Å². The Kier molecular flexibility index (Phi) is 3.84. The minimum atomic E-state index is -0.651. The maximum absolute atomic E-state index is 10.7. The monoisotopic (exact) mass is 284 g/mol. The lowest BCUT2D eigenvalue weighted by Gasteiger charge is -2.17. The first-order chi connectivity index (χ1) is 10.2. The second-order valence-electron chi connectivity index (χ2n) is 5.45. The Morgan fingerprint density at radius 2 is 1.76 bits per heavy atom. The number of hydrogen-bond donors (Lipinski definition) is 1. The van der Waals surface area contributed by atoms with Gasteiger partial charge in [0.1, 0.15) is 6.10 Å². The van der Waals surface area contributed by atoms with Gasteiger partial charge in [0.2, 0.25) is 0 Å². The molecular formula is C18H20O3. The van der Waals surface area contributed by atoms with Crippen molar-refractivity contribution < 1.29 is 14.6 Å². The fourth-order valence-electron chi connectivity index (χ4n) is 2.60. The SMILES string of the molecule is Cc1cccc(C(O)c2ccc3c(c2)OCCCO3)c1C. The topological polar surface area (TPSA) is 38.7 Å². The second-order valence-corrected chi connectivity index (χ2v) is 5.45. The van der Waals surface area contributed by atoms with E-state index in [-0.39, 0.29) is 0 Å². The molecule has 1 aliphatic rings. The summed E-state index contributed by atoms with van der Waals surface area (Å²) in [6.45, 7) is 5.42. The molecule has 2 aromatic rings. The Labute approximate surface area is 125 Å². The van der Waals surface area contributed by atoms with Crippen molar-refractivity contribution in [3.63, 3.8) is 0 Å². The Bertz CT molecular complexity index is 649. The standard InChI is InChI=1S/C18H20O3/c1-12-5-3-6-15(13(12)2)18(19)14-7-8-16-17(11-14)21-10-4-9-20-16/h3,5-8,11,18-19H,4,9-10H2,1-2H3. The van der Waals surface area contributed by atoms with Gasteiger partial charge in [-0.15, -0.1) is 0 Å². The molecule has 0 amide bonds. The van der Waals surface area contributed by atoms with E-state index in [0.29, 0.717) is 19.0 Å². The van der Waals surface area contributed by atoms with E-state index in [1.54, 1.807) is 0 Å². The third-order valence-corrected chi connectivity index (χ3v) is 4.03. The molecule has 1 aliphatic heterocycles. The summed E-state index contributed by atoms with van der Waals surface area (Å²) in [6.07, 6.45) is 0.228. The molecule has 0 fully saturated rings. The van der Waals surface area contributed by atoms with Crippen LogP contribution in [-0.2, 0) is 0 Å². The zero-order chi connectivity index (χ0) is 14.8. The first kappa shape index (κ1) is 14.0. The van der Waals surface area contributed by atoms with Crippen LogP contribution in [0.25, 0.3) is 0 Å². The third-order valence-electron chi connectivity index (χ3n) is 4.03. The lowest BCUT2D eigenvalue weighted by Crippen LogP contribution is -2.04. The number of aliphatic hydroxyl groups excluding tert-OH is 1. The molecule has 0 aromatic heterocycles. The Hall–Kier alpha value is -2.00. The predicted molar refractivity (Wildman–Crippen MR) is 82.0 cm³/mol. The van der Waals surface area contributed by atoms with Crippen molar-refractivity contribution in [3.05, 3.63) is 58.7 Å². The normalized spacial score (nSPS) is 15.4. The van der Waals surface area contributed by atoms with Gasteiger partial charge < -0.3 is 14.6 Å². The highest BCUT2D eigenvalue weighted by atomic mass is 16.5. The average molecular weight is 284 g/mol. The summed E-state index contributed by atoms with van der Waals surface area (Å²) in [6, 6.07) is 11.7. The number of hydrogen-bond acceptors (Lipinski definition) is 3. The number of aliphatic hydroxyl groups is 1. The molecule has 0 saturated heterocycles. The van der Waals surface area contributed by atoms with Gasteiger partial charge in [0.25, 0.3) is 0 Å². The fraction of sp³-hybridized carbons (Fsp3) is 0.333. The van der Waals surface area contributed by atoms with E-state index >= 15 is 0 Å². The highest BCUT2D eigenvalue weighted by Gasteiger charge is 2.17. The van der Waals surface area contributed by atoms with Crippen LogP contribution in [0.5, 0.6) is 11.5 Å². The summed E-state index contributed by atoms with van der Waals surface area (Å²) in [4.78, 5) is 0. The van der Waals surface area contributed by atoms with Crippen LogP contribution in [0.3, 0.4) is 0 Å². The van der Waals surface area contributed by atoms with Crippen molar-refractivity contribution in [1.82, 2.24) is 0 Å². The van der Waals surface area contributed by atoms with Crippen molar-refractivity contribution in [2.24, 2.45) is 0 Å². The van der Waals surface area contributed by atoms with Gasteiger partial charge in [-0.25, -0.2) is 0 Å². The molecule has 0 bridgehead atoms. The molecule has 3 heteroatoms. The van der Waals surface area contributed by atoms with Gasteiger partial charge in [-0.3, -0.25) is 0 Å². The van der Waals surface area contributed by atoms with E-state index in [1.165, 1.54) is 5.56 Å². The molecule has 1 heterocycles. The first-order valence-electron chi connectivity index (χ1n) is 7.30. The van der Waals surface area contributed by atoms with E-state index in [9.17, 15) is 5.11 Å². The molecular weight excluding hydrogens is 264 g/mol. The predicted octanol–water partition coefficient (Wildman–Crippen LogP) is 3.55. The maximum Gasteiger partial charge on any atom is 0.161 e. The van der Waals surface area contributed by atoms with Gasteiger partial charge in [0.05, 0.1) is 13.2 Å². The van der Waals surface area contributed by atoms with Crippen molar-refractivity contribution in [3.8, 4) is 11.5 Å². The van der Waals surface area contributed by atoms with Crippen molar-refractivity contribution in [1.29, 1.82) is 0 Å². The number of ether oxygens (including phenoxy) is 2. The lowest BCUT2D eigenvalue weighted by atomic mass is 9.94. The first-order valence-corrected chi connectivity index (χ1v) is 7.30. The Balaban J connectivity index is 1.96. The summed E-state index contributed by atoms with van der Waals surface area (Å²) >= 11 is 0. The molecule has 2 aromatic carbocycles. The van der Waals surface area contributed by atoms with E-state index in [4.69, 9.17) is 9.47 Å². The van der Waals surface area contributed by atoms with Gasteiger partial charge in [0, 0.05) is 6.42 Å². The van der Waals surface area contributed by atoms with Crippen molar-refractivity contribution in [2.45, 2.75) is 26.4 Å². The van der Waals surface area contributed by atoms with Crippen LogP contribution < -0.4 is 9.47 Å². The van der Waals surface area contributed by atoms with Crippen molar-refractivity contribution >= 4 is 0 Å². The van der Waals surface area contributed by atoms with Gasteiger partial charge in [0.15, 0.2) is 11.5 Å². The summed E-state index contributed by atoms with van der Waals surface area (Å²) < 4.78 is 11.3. The van der Waals surface area contributed by atoms with Gasteiger partial charge in [-0.1, -0.05) is 24.3 Å². The largest absolute Gasteiger partial charge is 0.490 e. The zero-order valence-corrected chi connectivity index (χ0v) is 12.4. The smallest absolute Gasteiger partial charge is 0.161 e. The highest BCUT2D eigenvalue weighted by molar-refractivity contribution is 5.47. The minimum absolute atomic E-state index is 0.649. The van der Waals surface area contributed by atoms with Gasteiger partial charge >= 0.3 is 0 Å². The van der Waals surface area contributed by atoms with Gasteiger partial charge in [-0.05, 0) is 48.2 Å². The summed E-state index contributed by atoms with van der Waals surface area (Å²) in [5, 5.41) is 10.7. The second kappa shape index (κ2) is 5.78. The fourth-order valence-corrected chi connectivity index (χ4v) is 2.60. The summed E-state index contributed by atoms with van der Waals surface area (Å²) in [7, 11) is 0. The molecule has 0 saturated carbocycles. The number of fused-ring (bicyclic) bond motifs is 1. The molecule has 1 atom stereocenters. The third kappa shape index (κ3) is 2.74. The molecule has 110 valence electrons. The van der Waals surface area contributed by atoms with E-state index in [1.807, 2.05) is 37.3 Å². The van der Waals surface area contributed by atoms with Crippen LogP contribution in [-0.4, -0.2) is 18.3 Å². The number of benzene rings is 2. The molecule has 21 heavy (non-hydrogen) atoms. The van der Waals surface area contributed by atoms with Gasteiger partial charge in [-0.2, -0.15) is 0 Å². The number of rotatable bonds is 2. The van der Waals surface area contributed by atoms with E-state index in [2.05, 4.69) is 13.0 Å². The van der Waals surface area contributed by atoms with Crippen molar-refractivity contribution in [2.75, 3.05) is 13.2 Å². The molecule has 3 nitrogen and oxygen atoms in total. The number of aryl methyl sites for hydroxylation is 1. The Morgan fingerprint density at radius 3 is 2.57 bits per heavy atom. The lowest BCUT2D eigenvalue weighted by molar-refractivity contribution is 0.218. The van der Waals surface area contributed by atoms with Crippen LogP contribution in [0.2, 0.25) is 0 Å². The Morgan fingerprint density at radius 1 is 1.00 bits per heavy atom. The minimum Gasteiger partial charge on any atom is -0.490 e. The molecule has 1 N–H and O–H groups in total. The van der Waals surface area contributed by atoms with Crippen LogP contribution in [0.1, 0.15) is 34.8 Å². The molecule has 0 radical (unpaired) electrons. The summed E-state index contributed by atoms with van der Waals surface area (Å²) in [5.41, 5.74) is 4.07. The molecule has 0 spiro atoms. The molecule has 0 aliphatic carbocycles. The van der Waals surface area contributed by atoms with E-state index in [0.717, 1.165) is 28.9 Å². The van der Waals surface area contributed by atoms with Crippen LogP contribution in [0, 0.1) is 13.8 Å².